The summed E-state index contributed by atoms with van der Waals surface area (Å²) in [4.78, 5) is 0.134. The molecule has 0 radical (unpaired) electrons. The first kappa shape index (κ1) is 19.1. The van der Waals surface area contributed by atoms with E-state index in [4.69, 9.17) is 4.74 Å². The first-order valence-corrected chi connectivity index (χ1v) is 9.56. The molecule has 0 aliphatic rings. The lowest BCUT2D eigenvalue weighted by Gasteiger charge is -2.22. The van der Waals surface area contributed by atoms with Gasteiger partial charge in [0.1, 0.15) is 10.6 Å². The highest BCUT2D eigenvalue weighted by atomic mass is 32.2. The molecule has 2 aromatic rings. The molecule has 0 saturated heterocycles. The summed E-state index contributed by atoms with van der Waals surface area (Å²) < 4.78 is 33.4. The maximum Gasteiger partial charge on any atom is 0.265 e. The third kappa shape index (κ3) is 4.89. The molecule has 0 atom stereocenters. The van der Waals surface area contributed by atoms with Crippen LogP contribution in [0.4, 0.5) is 11.4 Å². The molecular formula is C19H26N2O3S. The van der Waals surface area contributed by atoms with Gasteiger partial charge in [-0.1, -0.05) is 0 Å². The minimum atomic E-state index is -3.74. The topological polar surface area (TPSA) is 67.4 Å². The van der Waals surface area contributed by atoms with Crippen LogP contribution < -0.4 is 14.8 Å². The zero-order valence-corrected chi connectivity index (χ0v) is 16.4. The van der Waals surface area contributed by atoms with Gasteiger partial charge in [-0.05, 0) is 82.1 Å². The molecule has 0 bridgehead atoms. The number of sulfonamides is 1. The Labute approximate surface area is 150 Å². The minimum absolute atomic E-state index is 0.0617. The predicted octanol–water partition coefficient (Wildman–Crippen LogP) is 4.32. The van der Waals surface area contributed by atoms with Gasteiger partial charge in [-0.15, -0.1) is 0 Å². The summed E-state index contributed by atoms with van der Waals surface area (Å²) in [6, 6.07) is 10.5. The molecular weight excluding hydrogens is 336 g/mol. The Balaban J connectivity index is 2.29. The van der Waals surface area contributed by atoms with Crippen molar-refractivity contribution in [2.45, 2.75) is 45.1 Å². The van der Waals surface area contributed by atoms with Crippen molar-refractivity contribution >= 4 is 21.4 Å². The normalized spacial score (nSPS) is 11.9. The van der Waals surface area contributed by atoms with Gasteiger partial charge in [-0.2, -0.15) is 0 Å². The summed E-state index contributed by atoms with van der Waals surface area (Å²) >= 11 is 0. The second-order valence-corrected chi connectivity index (χ2v) is 8.80. The molecule has 0 unspecified atom stereocenters. The van der Waals surface area contributed by atoms with Crippen LogP contribution in [0.25, 0.3) is 0 Å². The van der Waals surface area contributed by atoms with Crippen molar-refractivity contribution in [2.24, 2.45) is 0 Å². The number of rotatable bonds is 5. The third-order valence-electron chi connectivity index (χ3n) is 3.73. The number of anilines is 2. The summed E-state index contributed by atoms with van der Waals surface area (Å²) in [5, 5.41) is 3.34. The van der Waals surface area contributed by atoms with Crippen LogP contribution in [-0.4, -0.2) is 21.1 Å². The highest BCUT2D eigenvalue weighted by molar-refractivity contribution is 7.92. The van der Waals surface area contributed by atoms with Crippen molar-refractivity contribution in [1.82, 2.24) is 0 Å². The van der Waals surface area contributed by atoms with Crippen LogP contribution in [0.15, 0.2) is 41.3 Å². The summed E-state index contributed by atoms with van der Waals surface area (Å²) in [5.74, 6) is 0.335. The molecule has 0 spiro atoms. The largest absolute Gasteiger partial charge is 0.495 e. The van der Waals surface area contributed by atoms with Gasteiger partial charge in [0.2, 0.25) is 0 Å². The lowest BCUT2D eigenvalue weighted by Crippen LogP contribution is -2.25. The van der Waals surface area contributed by atoms with Gasteiger partial charge in [-0.3, -0.25) is 4.72 Å². The first-order valence-electron chi connectivity index (χ1n) is 8.08. The SMILES string of the molecule is COc1cc(C)c(C)cc1S(=O)(=O)Nc1ccc(NC(C)(C)C)cc1. The van der Waals surface area contributed by atoms with Crippen LogP contribution in [0.3, 0.4) is 0 Å². The fourth-order valence-electron chi connectivity index (χ4n) is 2.40. The average Bonchev–Trinajstić information content (AvgIpc) is 2.49. The molecule has 6 heteroatoms. The average molecular weight is 362 g/mol. The molecule has 136 valence electrons. The molecule has 2 aromatic carbocycles. The molecule has 2 N–H and O–H groups in total. The Bertz CT molecular complexity index is 851. The van der Waals surface area contributed by atoms with Gasteiger partial charge in [0.25, 0.3) is 10.0 Å². The minimum Gasteiger partial charge on any atom is -0.495 e. The van der Waals surface area contributed by atoms with Gasteiger partial charge in [-0.25, -0.2) is 8.42 Å². The standard InChI is InChI=1S/C19H26N2O3S/c1-13-11-17(24-6)18(12-14(13)2)25(22,23)21-16-9-7-15(8-10-16)20-19(3,4)5/h7-12,20-21H,1-6H3. The summed E-state index contributed by atoms with van der Waals surface area (Å²) in [6.45, 7) is 9.99. The number of benzene rings is 2. The number of hydrogen-bond acceptors (Lipinski definition) is 4. The molecule has 25 heavy (non-hydrogen) atoms. The molecule has 0 aromatic heterocycles. The van der Waals surface area contributed by atoms with E-state index >= 15 is 0 Å². The Kier molecular flexibility index (Phi) is 5.32. The van der Waals surface area contributed by atoms with Crippen LogP contribution in [0.2, 0.25) is 0 Å². The third-order valence-corrected chi connectivity index (χ3v) is 5.13. The highest BCUT2D eigenvalue weighted by Gasteiger charge is 2.21. The lowest BCUT2D eigenvalue weighted by atomic mass is 10.1. The number of aryl methyl sites for hydroxylation is 2. The number of nitrogens with one attached hydrogen (secondary N) is 2. The monoisotopic (exact) mass is 362 g/mol. The van der Waals surface area contributed by atoms with Gasteiger partial charge < -0.3 is 10.1 Å². The highest BCUT2D eigenvalue weighted by Crippen LogP contribution is 2.29. The number of hydrogen-bond donors (Lipinski definition) is 2. The van der Waals surface area contributed by atoms with E-state index in [1.54, 1.807) is 24.3 Å². The van der Waals surface area contributed by atoms with E-state index in [1.807, 2.05) is 26.0 Å². The maximum atomic E-state index is 12.8. The molecule has 0 aliphatic carbocycles. The zero-order valence-electron chi connectivity index (χ0n) is 15.6. The fraction of sp³-hybridized carbons (Fsp3) is 0.368. The quantitative estimate of drug-likeness (QED) is 0.831. The molecule has 0 heterocycles. The van der Waals surface area contributed by atoms with E-state index in [-0.39, 0.29) is 10.4 Å². The first-order chi connectivity index (χ1) is 11.5. The maximum absolute atomic E-state index is 12.8. The molecule has 0 aliphatic heterocycles. The van der Waals surface area contributed by atoms with E-state index in [9.17, 15) is 8.42 Å². The Morgan fingerprint density at radius 3 is 1.96 bits per heavy atom. The summed E-state index contributed by atoms with van der Waals surface area (Å²) in [5.41, 5.74) is 3.24. The molecule has 2 rings (SSSR count). The number of methoxy groups -OCH3 is 1. The Morgan fingerprint density at radius 2 is 1.44 bits per heavy atom. The molecule has 5 nitrogen and oxygen atoms in total. The summed E-state index contributed by atoms with van der Waals surface area (Å²) in [7, 11) is -2.27. The summed E-state index contributed by atoms with van der Waals surface area (Å²) in [6.07, 6.45) is 0. The Hall–Kier alpha value is -2.21. The van der Waals surface area contributed by atoms with Gasteiger partial charge >= 0.3 is 0 Å². The van der Waals surface area contributed by atoms with Crippen molar-refractivity contribution < 1.29 is 13.2 Å². The van der Waals surface area contributed by atoms with Crippen LogP contribution in [0.1, 0.15) is 31.9 Å². The van der Waals surface area contributed by atoms with E-state index in [0.29, 0.717) is 11.4 Å². The van der Waals surface area contributed by atoms with E-state index in [1.165, 1.54) is 7.11 Å². The lowest BCUT2D eigenvalue weighted by molar-refractivity contribution is 0.402. The van der Waals surface area contributed by atoms with Crippen molar-refractivity contribution in [1.29, 1.82) is 0 Å². The van der Waals surface area contributed by atoms with Crippen LogP contribution >= 0.6 is 0 Å². The van der Waals surface area contributed by atoms with Crippen LogP contribution in [0.5, 0.6) is 5.75 Å². The fourth-order valence-corrected chi connectivity index (χ4v) is 3.69. The molecule has 0 saturated carbocycles. The molecule has 0 amide bonds. The van der Waals surface area contributed by atoms with Crippen molar-refractivity contribution in [3.63, 3.8) is 0 Å². The smallest absolute Gasteiger partial charge is 0.265 e. The molecule has 0 fully saturated rings. The number of ether oxygens (including phenoxy) is 1. The van der Waals surface area contributed by atoms with E-state index in [0.717, 1.165) is 16.8 Å². The van der Waals surface area contributed by atoms with Gasteiger partial charge in [0, 0.05) is 16.9 Å². The van der Waals surface area contributed by atoms with Crippen LogP contribution in [0, 0.1) is 13.8 Å². The van der Waals surface area contributed by atoms with Gasteiger partial charge in [0.15, 0.2) is 0 Å². The van der Waals surface area contributed by atoms with E-state index in [2.05, 4.69) is 30.8 Å². The van der Waals surface area contributed by atoms with E-state index < -0.39 is 10.0 Å². The second-order valence-electron chi connectivity index (χ2n) is 7.15. The van der Waals surface area contributed by atoms with Crippen molar-refractivity contribution in [2.75, 3.05) is 17.1 Å². The zero-order chi connectivity index (χ0) is 18.8. The Morgan fingerprint density at radius 1 is 0.920 bits per heavy atom. The second kappa shape index (κ2) is 6.96. The van der Waals surface area contributed by atoms with Crippen LogP contribution in [-0.2, 0) is 10.0 Å². The van der Waals surface area contributed by atoms with Crippen molar-refractivity contribution in [3.8, 4) is 5.75 Å². The predicted molar refractivity (Wildman–Crippen MR) is 103 cm³/mol. The van der Waals surface area contributed by atoms with Crippen molar-refractivity contribution in [3.05, 3.63) is 47.5 Å². The van der Waals surface area contributed by atoms with Gasteiger partial charge in [0.05, 0.1) is 7.11 Å².